The van der Waals surface area contributed by atoms with Gasteiger partial charge >= 0.3 is 0 Å². The summed E-state index contributed by atoms with van der Waals surface area (Å²) in [6, 6.07) is 19.6. The summed E-state index contributed by atoms with van der Waals surface area (Å²) >= 11 is 0. The Morgan fingerprint density at radius 1 is 0.966 bits per heavy atom. The van der Waals surface area contributed by atoms with Gasteiger partial charge in [-0.25, -0.2) is 4.98 Å². The number of aromatic nitrogens is 3. The molecule has 0 aliphatic carbocycles. The van der Waals surface area contributed by atoms with Crippen molar-refractivity contribution < 1.29 is 9.59 Å². The maximum Gasteiger partial charge on any atom is 0.253 e. The van der Waals surface area contributed by atoms with Crippen molar-refractivity contribution >= 4 is 28.8 Å². The zero-order valence-corrected chi connectivity index (χ0v) is 15.5. The SMILES string of the molecule is O=C(NC(Cc1ccccc1)C(=O)Nc1nc2ccccc2[nH]1)c1cccnc1. The van der Waals surface area contributed by atoms with E-state index in [0.29, 0.717) is 17.9 Å². The van der Waals surface area contributed by atoms with Crippen molar-refractivity contribution in [2.24, 2.45) is 0 Å². The third-order valence-electron chi connectivity index (χ3n) is 4.46. The lowest BCUT2D eigenvalue weighted by Gasteiger charge is -2.18. The molecule has 0 fully saturated rings. The minimum atomic E-state index is -0.779. The number of rotatable bonds is 6. The summed E-state index contributed by atoms with van der Waals surface area (Å²) < 4.78 is 0. The van der Waals surface area contributed by atoms with Crippen LogP contribution in [0.5, 0.6) is 0 Å². The van der Waals surface area contributed by atoms with Crippen LogP contribution in [0.3, 0.4) is 0 Å². The monoisotopic (exact) mass is 385 g/mol. The van der Waals surface area contributed by atoms with E-state index in [4.69, 9.17) is 0 Å². The fraction of sp³-hybridized carbons (Fsp3) is 0.0909. The Labute approximate surface area is 167 Å². The molecular weight excluding hydrogens is 366 g/mol. The Balaban J connectivity index is 1.54. The van der Waals surface area contributed by atoms with Crippen LogP contribution in [0.1, 0.15) is 15.9 Å². The molecule has 2 heterocycles. The third-order valence-corrected chi connectivity index (χ3v) is 4.46. The number of anilines is 1. The lowest BCUT2D eigenvalue weighted by Crippen LogP contribution is -2.45. The van der Waals surface area contributed by atoms with E-state index < -0.39 is 6.04 Å². The van der Waals surface area contributed by atoms with Gasteiger partial charge in [0.1, 0.15) is 6.04 Å². The summed E-state index contributed by atoms with van der Waals surface area (Å²) in [5.41, 5.74) is 2.90. The van der Waals surface area contributed by atoms with E-state index >= 15 is 0 Å². The summed E-state index contributed by atoms with van der Waals surface area (Å²) in [4.78, 5) is 36.9. The van der Waals surface area contributed by atoms with E-state index in [-0.39, 0.29) is 11.8 Å². The Bertz CT molecular complexity index is 1090. The van der Waals surface area contributed by atoms with Crippen LogP contribution in [-0.4, -0.2) is 32.8 Å². The van der Waals surface area contributed by atoms with Crippen molar-refractivity contribution in [2.45, 2.75) is 12.5 Å². The van der Waals surface area contributed by atoms with Gasteiger partial charge in [0.05, 0.1) is 16.6 Å². The van der Waals surface area contributed by atoms with Crippen LogP contribution in [0.4, 0.5) is 5.95 Å². The summed E-state index contributed by atoms with van der Waals surface area (Å²) in [5.74, 6) is -0.381. The van der Waals surface area contributed by atoms with E-state index in [1.165, 1.54) is 6.20 Å². The van der Waals surface area contributed by atoms with Crippen molar-refractivity contribution in [1.29, 1.82) is 0 Å². The topological polar surface area (TPSA) is 99.8 Å². The first-order valence-corrected chi connectivity index (χ1v) is 9.19. The normalized spacial score (nSPS) is 11.7. The molecule has 4 rings (SSSR count). The van der Waals surface area contributed by atoms with Crippen molar-refractivity contribution in [1.82, 2.24) is 20.3 Å². The molecule has 4 aromatic rings. The maximum absolute atomic E-state index is 13.0. The number of amides is 2. The Kier molecular flexibility index (Phi) is 5.29. The highest BCUT2D eigenvalue weighted by atomic mass is 16.2. The molecule has 1 unspecified atom stereocenters. The minimum absolute atomic E-state index is 0.338. The predicted molar refractivity (Wildman–Crippen MR) is 110 cm³/mol. The Morgan fingerprint density at radius 3 is 2.52 bits per heavy atom. The summed E-state index contributed by atoms with van der Waals surface area (Å²) in [7, 11) is 0. The van der Waals surface area contributed by atoms with Crippen molar-refractivity contribution in [2.75, 3.05) is 5.32 Å². The zero-order chi connectivity index (χ0) is 20.1. The molecule has 7 nitrogen and oxygen atoms in total. The van der Waals surface area contributed by atoms with Gasteiger partial charge in [-0.15, -0.1) is 0 Å². The number of hydrogen-bond acceptors (Lipinski definition) is 4. The number of aromatic amines is 1. The van der Waals surface area contributed by atoms with Gasteiger partial charge < -0.3 is 10.3 Å². The predicted octanol–water partition coefficient (Wildman–Crippen LogP) is 2.94. The fourth-order valence-electron chi connectivity index (χ4n) is 3.01. The number of nitrogens with one attached hydrogen (secondary N) is 3. The molecule has 0 saturated carbocycles. The van der Waals surface area contributed by atoms with Crippen LogP contribution in [-0.2, 0) is 11.2 Å². The second kappa shape index (κ2) is 8.35. The molecular formula is C22H19N5O2. The van der Waals surface area contributed by atoms with Gasteiger partial charge in [0.15, 0.2) is 0 Å². The van der Waals surface area contributed by atoms with Gasteiger partial charge in [-0.3, -0.25) is 19.9 Å². The van der Waals surface area contributed by atoms with E-state index in [0.717, 1.165) is 16.6 Å². The number of fused-ring (bicyclic) bond motifs is 1. The van der Waals surface area contributed by atoms with Crippen molar-refractivity contribution in [3.05, 3.63) is 90.3 Å². The molecule has 1 atom stereocenters. The first kappa shape index (κ1) is 18.4. The Hall–Kier alpha value is -4.00. The summed E-state index contributed by atoms with van der Waals surface area (Å²) in [6.45, 7) is 0. The summed E-state index contributed by atoms with van der Waals surface area (Å²) in [5, 5.41) is 5.58. The van der Waals surface area contributed by atoms with Crippen LogP contribution in [0.2, 0.25) is 0 Å². The van der Waals surface area contributed by atoms with E-state index in [9.17, 15) is 9.59 Å². The smallest absolute Gasteiger partial charge is 0.253 e. The molecule has 0 aliphatic rings. The highest BCUT2D eigenvalue weighted by Gasteiger charge is 2.23. The number of H-pyrrole nitrogens is 1. The second-order valence-corrected chi connectivity index (χ2v) is 6.55. The molecule has 0 saturated heterocycles. The average Bonchev–Trinajstić information content (AvgIpc) is 3.17. The lowest BCUT2D eigenvalue weighted by molar-refractivity contribution is -0.118. The molecule has 2 aromatic heterocycles. The van der Waals surface area contributed by atoms with Crippen LogP contribution in [0.25, 0.3) is 11.0 Å². The number of imidazole rings is 1. The van der Waals surface area contributed by atoms with E-state index in [1.54, 1.807) is 18.3 Å². The van der Waals surface area contributed by atoms with Crippen LogP contribution < -0.4 is 10.6 Å². The van der Waals surface area contributed by atoms with Gasteiger partial charge in [-0.1, -0.05) is 42.5 Å². The molecule has 0 aliphatic heterocycles. The lowest BCUT2D eigenvalue weighted by atomic mass is 10.0. The Morgan fingerprint density at radius 2 is 1.76 bits per heavy atom. The molecule has 3 N–H and O–H groups in total. The van der Waals surface area contributed by atoms with Crippen LogP contribution in [0.15, 0.2) is 79.1 Å². The molecule has 2 aromatic carbocycles. The number of benzene rings is 2. The quantitative estimate of drug-likeness (QED) is 0.475. The van der Waals surface area contributed by atoms with Gasteiger partial charge in [-0.05, 0) is 29.8 Å². The first-order valence-electron chi connectivity index (χ1n) is 9.19. The van der Waals surface area contributed by atoms with E-state index in [2.05, 4.69) is 25.6 Å². The number of carbonyl (C=O) groups is 2. The molecule has 0 bridgehead atoms. The summed E-state index contributed by atoms with van der Waals surface area (Å²) in [6.07, 6.45) is 3.40. The van der Waals surface area contributed by atoms with Gasteiger partial charge in [0.25, 0.3) is 5.91 Å². The highest BCUT2D eigenvalue weighted by Crippen LogP contribution is 2.14. The molecule has 7 heteroatoms. The fourth-order valence-corrected chi connectivity index (χ4v) is 3.01. The number of hydrogen-bond donors (Lipinski definition) is 3. The number of pyridine rings is 1. The van der Waals surface area contributed by atoms with Gasteiger partial charge in [0.2, 0.25) is 11.9 Å². The second-order valence-electron chi connectivity index (χ2n) is 6.55. The average molecular weight is 385 g/mol. The third kappa shape index (κ3) is 4.47. The van der Waals surface area contributed by atoms with Crippen LogP contribution >= 0.6 is 0 Å². The first-order chi connectivity index (χ1) is 14.2. The molecule has 0 radical (unpaired) electrons. The van der Waals surface area contributed by atoms with Crippen molar-refractivity contribution in [3.8, 4) is 0 Å². The molecule has 144 valence electrons. The highest BCUT2D eigenvalue weighted by molar-refractivity contribution is 6.01. The molecule has 2 amide bonds. The number of carbonyl (C=O) groups excluding carboxylic acids is 2. The molecule has 29 heavy (non-hydrogen) atoms. The largest absolute Gasteiger partial charge is 0.340 e. The molecule has 0 spiro atoms. The van der Waals surface area contributed by atoms with Crippen molar-refractivity contribution in [3.63, 3.8) is 0 Å². The zero-order valence-electron chi connectivity index (χ0n) is 15.5. The minimum Gasteiger partial charge on any atom is -0.340 e. The van der Waals surface area contributed by atoms with E-state index in [1.807, 2.05) is 54.6 Å². The standard InChI is InChI=1S/C22H19N5O2/c28-20(16-9-6-12-23-14-16)24-19(13-15-7-2-1-3-8-15)21(29)27-22-25-17-10-4-5-11-18(17)26-22/h1-12,14,19H,13H2,(H,24,28)(H2,25,26,27,29). The maximum atomic E-state index is 13.0. The van der Waals surface area contributed by atoms with Gasteiger partial charge in [-0.2, -0.15) is 0 Å². The van der Waals surface area contributed by atoms with Gasteiger partial charge in [0, 0.05) is 18.8 Å². The number of nitrogens with zero attached hydrogens (tertiary/aromatic N) is 2. The number of para-hydroxylation sites is 2. The van der Waals surface area contributed by atoms with Crippen LogP contribution in [0, 0.1) is 0 Å².